The van der Waals surface area contributed by atoms with Crippen molar-refractivity contribution in [2.75, 3.05) is 19.6 Å². The summed E-state index contributed by atoms with van der Waals surface area (Å²) < 4.78 is 0. The van der Waals surface area contributed by atoms with Crippen LogP contribution >= 0.6 is 0 Å². The molecule has 0 saturated carbocycles. The molecule has 0 rings (SSSR count). The first kappa shape index (κ1) is 11.9. The number of hydrogen-bond acceptors (Lipinski definition) is 3. The van der Waals surface area contributed by atoms with Gasteiger partial charge in [-0.2, -0.15) is 5.26 Å². The Morgan fingerprint density at radius 3 is 2.69 bits per heavy atom. The van der Waals surface area contributed by atoms with Gasteiger partial charge in [0.2, 0.25) is 5.91 Å². The molecule has 2 N–H and O–H groups in total. The standard InChI is InChI=1S/C9H17N3O/c1-3-5-12(6-4-10)7-8(2)9(11)13/h8H,3,5-7H2,1-2H3,(H2,11,13). The van der Waals surface area contributed by atoms with E-state index in [0.29, 0.717) is 13.1 Å². The Kier molecular flexibility index (Phi) is 5.90. The Hall–Kier alpha value is -1.08. The van der Waals surface area contributed by atoms with Crippen LogP contribution in [0.15, 0.2) is 0 Å². The van der Waals surface area contributed by atoms with E-state index < -0.39 is 0 Å². The maximum Gasteiger partial charge on any atom is 0.221 e. The van der Waals surface area contributed by atoms with Crippen molar-refractivity contribution in [1.82, 2.24) is 4.90 Å². The number of rotatable bonds is 6. The summed E-state index contributed by atoms with van der Waals surface area (Å²) in [5.74, 6) is -0.487. The number of primary amides is 1. The lowest BCUT2D eigenvalue weighted by Crippen LogP contribution is -2.35. The zero-order valence-corrected chi connectivity index (χ0v) is 8.29. The average molecular weight is 183 g/mol. The number of amides is 1. The molecule has 1 unspecified atom stereocenters. The second kappa shape index (κ2) is 6.44. The molecule has 1 amide bonds. The highest BCUT2D eigenvalue weighted by molar-refractivity contribution is 5.76. The fourth-order valence-corrected chi connectivity index (χ4v) is 1.13. The van der Waals surface area contributed by atoms with E-state index in [0.717, 1.165) is 13.0 Å². The highest BCUT2D eigenvalue weighted by Crippen LogP contribution is 1.99. The van der Waals surface area contributed by atoms with E-state index in [1.165, 1.54) is 0 Å². The summed E-state index contributed by atoms with van der Waals surface area (Å²) in [6.45, 7) is 5.61. The number of nitrogens with zero attached hydrogens (tertiary/aromatic N) is 2. The molecule has 4 heteroatoms. The van der Waals surface area contributed by atoms with Crippen LogP contribution in [0, 0.1) is 17.2 Å². The normalized spacial score (nSPS) is 12.5. The lowest BCUT2D eigenvalue weighted by atomic mass is 10.1. The summed E-state index contributed by atoms with van der Waals surface area (Å²) in [5, 5.41) is 8.51. The molecule has 0 aromatic rings. The van der Waals surface area contributed by atoms with Crippen LogP contribution in [0.4, 0.5) is 0 Å². The molecule has 4 nitrogen and oxygen atoms in total. The van der Waals surface area contributed by atoms with Crippen LogP contribution in [0.25, 0.3) is 0 Å². The zero-order chi connectivity index (χ0) is 10.3. The molecule has 0 saturated heterocycles. The number of carbonyl (C=O) groups is 1. The SMILES string of the molecule is CCCN(CC#N)CC(C)C(N)=O. The molecule has 0 bridgehead atoms. The molecule has 1 atom stereocenters. The van der Waals surface area contributed by atoms with Gasteiger partial charge in [-0.25, -0.2) is 0 Å². The third kappa shape index (κ3) is 5.21. The van der Waals surface area contributed by atoms with Crippen LogP contribution in [0.5, 0.6) is 0 Å². The largest absolute Gasteiger partial charge is 0.369 e. The molecule has 74 valence electrons. The zero-order valence-electron chi connectivity index (χ0n) is 8.29. The minimum Gasteiger partial charge on any atom is -0.369 e. The van der Waals surface area contributed by atoms with Gasteiger partial charge in [-0.1, -0.05) is 13.8 Å². The van der Waals surface area contributed by atoms with Gasteiger partial charge >= 0.3 is 0 Å². The highest BCUT2D eigenvalue weighted by Gasteiger charge is 2.13. The van der Waals surface area contributed by atoms with Crippen LogP contribution in [0.3, 0.4) is 0 Å². The molecule has 0 aromatic carbocycles. The third-order valence-corrected chi connectivity index (χ3v) is 1.85. The lowest BCUT2D eigenvalue weighted by Gasteiger charge is -2.20. The monoisotopic (exact) mass is 183 g/mol. The molecule has 0 aliphatic heterocycles. The molecule has 0 spiro atoms. The van der Waals surface area contributed by atoms with Crippen LogP contribution in [0.2, 0.25) is 0 Å². The predicted molar refractivity (Wildman–Crippen MR) is 50.7 cm³/mol. The van der Waals surface area contributed by atoms with Crippen molar-refractivity contribution in [2.24, 2.45) is 11.7 Å². The highest BCUT2D eigenvalue weighted by atomic mass is 16.1. The Bertz CT molecular complexity index is 198. The Labute approximate surface area is 79.3 Å². The van der Waals surface area contributed by atoms with Crippen molar-refractivity contribution in [3.05, 3.63) is 0 Å². The maximum absolute atomic E-state index is 10.8. The molecule has 0 aromatic heterocycles. The molecule has 13 heavy (non-hydrogen) atoms. The molecule has 0 fully saturated rings. The number of nitriles is 1. The van der Waals surface area contributed by atoms with E-state index in [2.05, 4.69) is 6.07 Å². The van der Waals surface area contributed by atoms with Gasteiger partial charge in [-0.3, -0.25) is 9.69 Å². The first-order chi connectivity index (χ1) is 6.11. The van der Waals surface area contributed by atoms with Crippen molar-refractivity contribution >= 4 is 5.91 Å². The fourth-order valence-electron chi connectivity index (χ4n) is 1.13. The number of carbonyl (C=O) groups excluding carboxylic acids is 1. The van der Waals surface area contributed by atoms with Crippen molar-refractivity contribution in [2.45, 2.75) is 20.3 Å². The van der Waals surface area contributed by atoms with Crippen LogP contribution < -0.4 is 5.73 Å². The summed E-state index contributed by atoms with van der Waals surface area (Å²) in [7, 11) is 0. The van der Waals surface area contributed by atoms with E-state index in [9.17, 15) is 4.79 Å². The topological polar surface area (TPSA) is 70.1 Å². The first-order valence-electron chi connectivity index (χ1n) is 4.50. The number of hydrogen-bond donors (Lipinski definition) is 1. The molecule has 0 heterocycles. The van der Waals surface area contributed by atoms with Gasteiger partial charge < -0.3 is 5.73 Å². The average Bonchev–Trinajstić information content (AvgIpc) is 2.05. The predicted octanol–water partition coefficient (Wildman–Crippen LogP) is 0.343. The van der Waals surface area contributed by atoms with Crippen molar-refractivity contribution in [3.63, 3.8) is 0 Å². The van der Waals surface area contributed by atoms with E-state index in [-0.39, 0.29) is 11.8 Å². The molecular formula is C9H17N3O. The fraction of sp³-hybridized carbons (Fsp3) is 0.778. The third-order valence-electron chi connectivity index (χ3n) is 1.85. The Morgan fingerprint density at radius 1 is 1.69 bits per heavy atom. The van der Waals surface area contributed by atoms with Gasteiger partial charge in [0.15, 0.2) is 0 Å². The Morgan fingerprint density at radius 2 is 2.31 bits per heavy atom. The van der Waals surface area contributed by atoms with Crippen LogP contribution in [-0.4, -0.2) is 30.4 Å². The summed E-state index contributed by atoms with van der Waals surface area (Å²) in [6.07, 6.45) is 0.979. The Balaban J connectivity index is 3.94. The molecule has 0 radical (unpaired) electrons. The van der Waals surface area contributed by atoms with E-state index >= 15 is 0 Å². The first-order valence-corrected chi connectivity index (χ1v) is 4.50. The van der Waals surface area contributed by atoms with Crippen molar-refractivity contribution in [3.8, 4) is 6.07 Å². The summed E-state index contributed by atoms with van der Waals surface area (Å²) in [5.41, 5.74) is 5.13. The minimum absolute atomic E-state index is 0.181. The van der Waals surface area contributed by atoms with Gasteiger partial charge in [0.25, 0.3) is 0 Å². The summed E-state index contributed by atoms with van der Waals surface area (Å²) in [6, 6.07) is 2.07. The van der Waals surface area contributed by atoms with Crippen molar-refractivity contribution < 1.29 is 4.79 Å². The smallest absolute Gasteiger partial charge is 0.221 e. The van der Waals surface area contributed by atoms with Gasteiger partial charge in [-0.15, -0.1) is 0 Å². The van der Waals surface area contributed by atoms with Crippen molar-refractivity contribution in [1.29, 1.82) is 5.26 Å². The molecule has 0 aliphatic carbocycles. The second-order valence-corrected chi connectivity index (χ2v) is 3.20. The van der Waals surface area contributed by atoms with Gasteiger partial charge in [0, 0.05) is 12.5 Å². The van der Waals surface area contributed by atoms with Gasteiger partial charge in [-0.05, 0) is 13.0 Å². The lowest BCUT2D eigenvalue weighted by molar-refractivity contribution is -0.121. The summed E-state index contributed by atoms with van der Waals surface area (Å²) in [4.78, 5) is 12.7. The summed E-state index contributed by atoms with van der Waals surface area (Å²) >= 11 is 0. The molecule has 0 aliphatic rings. The number of nitrogens with two attached hydrogens (primary N) is 1. The molecular weight excluding hydrogens is 166 g/mol. The van der Waals surface area contributed by atoms with E-state index in [1.54, 1.807) is 6.92 Å². The van der Waals surface area contributed by atoms with Crippen LogP contribution in [0.1, 0.15) is 20.3 Å². The van der Waals surface area contributed by atoms with Gasteiger partial charge in [0.1, 0.15) is 0 Å². The maximum atomic E-state index is 10.8. The minimum atomic E-state index is -0.306. The van der Waals surface area contributed by atoms with E-state index in [4.69, 9.17) is 11.0 Å². The quantitative estimate of drug-likeness (QED) is 0.604. The van der Waals surface area contributed by atoms with Gasteiger partial charge in [0.05, 0.1) is 12.6 Å². The van der Waals surface area contributed by atoms with E-state index in [1.807, 2.05) is 11.8 Å². The van der Waals surface area contributed by atoms with Crippen LogP contribution in [-0.2, 0) is 4.79 Å². The second-order valence-electron chi connectivity index (χ2n) is 3.20.